The zero-order valence-corrected chi connectivity index (χ0v) is 27.8. The van der Waals surface area contributed by atoms with Gasteiger partial charge in [0.2, 0.25) is 17.7 Å². The summed E-state index contributed by atoms with van der Waals surface area (Å²) < 4.78 is 4.60. The number of rotatable bonds is 18. The Hall–Kier alpha value is -4.71. The van der Waals surface area contributed by atoms with Crippen LogP contribution >= 0.6 is 0 Å². The standard InChI is InChI=1S/C35H47N5O7/c1-6-22(3)31(38-29(41)17-18-30(42)46-5)35(45)39-32(23(4)7-2)34(44)37-28(19-25-20-36-27-16-12-11-15-26(25)27)33(43)40-47-21-24-13-9-8-10-14-24/h8-16,20,22-23,28,31-32,36H,6-7,17-19,21H2,1-5H3,(H,37,44)(H,38,41)(H,39,45)(H,40,43)/t22?,23?,28-,31-,32-/m0/s1. The van der Waals surface area contributed by atoms with Crippen LogP contribution in [-0.2, 0) is 46.6 Å². The van der Waals surface area contributed by atoms with Gasteiger partial charge < -0.3 is 25.7 Å². The van der Waals surface area contributed by atoms with Gasteiger partial charge in [-0.1, -0.05) is 89.1 Å². The molecule has 1 aromatic heterocycles. The van der Waals surface area contributed by atoms with Crippen LogP contribution < -0.4 is 21.4 Å². The van der Waals surface area contributed by atoms with Gasteiger partial charge in [0.05, 0.1) is 20.1 Å². The number of carbonyl (C=O) groups is 5. The SMILES string of the molecule is CCC(C)[C@H](NC(=O)CCC(=O)OC)C(=O)N[C@H](C(=O)N[C@@H](Cc1c[nH]c2ccccc12)C(=O)NOCc1ccccc1)C(C)CC. The number of hydroxylamine groups is 1. The van der Waals surface area contributed by atoms with Crippen LogP contribution in [0.1, 0.15) is 64.5 Å². The van der Waals surface area contributed by atoms with E-state index in [-0.39, 0.29) is 37.7 Å². The predicted octanol–water partition coefficient (Wildman–Crippen LogP) is 3.46. The van der Waals surface area contributed by atoms with E-state index >= 15 is 0 Å². The number of fused-ring (bicyclic) bond motifs is 1. The van der Waals surface area contributed by atoms with Crippen LogP contribution in [0.25, 0.3) is 10.9 Å². The molecule has 12 nitrogen and oxygen atoms in total. The van der Waals surface area contributed by atoms with Gasteiger partial charge in [0.1, 0.15) is 18.1 Å². The van der Waals surface area contributed by atoms with E-state index in [4.69, 9.17) is 4.84 Å². The maximum absolute atomic E-state index is 13.9. The van der Waals surface area contributed by atoms with Gasteiger partial charge in [-0.2, -0.15) is 0 Å². The van der Waals surface area contributed by atoms with Crippen molar-refractivity contribution in [2.24, 2.45) is 11.8 Å². The summed E-state index contributed by atoms with van der Waals surface area (Å²) in [6, 6.07) is 14.0. The van der Waals surface area contributed by atoms with Crippen LogP contribution in [-0.4, -0.2) is 59.8 Å². The minimum Gasteiger partial charge on any atom is -0.469 e. The van der Waals surface area contributed by atoms with Crippen molar-refractivity contribution in [2.75, 3.05) is 7.11 Å². The molecule has 0 fully saturated rings. The lowest BCUT2D eigenvalue weighted by Crippen LogP contribution is -2.59. The average Bonchev–Trinajstić information content (AvgIpc) is 3.50. The highest BCUT2D eigenvalue weighted by atomic mass is 16.6. The molecule has 2 aromatic carbocycles. The molecule has 0 spiro atoms. The van der Waals surface area contributed by atoms with Crippen LogP contribution in [0, 0.1) is 11.8 Å². The van der Waals surface area contributed by atoms with Crippen LogP contribution in [0.3, 0.4) is 0 Å². The first-order valence-electron chi connectivity index (χ1n) is 16.0. The summed E-state index contributed by atoms with van der Waals surface area (Å²) in [5, 5.41) is 9.32. The fourth-order valence-electron chi connectivity index (χ4n) is 5.04. The molecule has 5 N–H and O–H groups in total. The van der Waals surface area contributed by atoms with Crippen LogP contribution in [0.5, 0.6) is 0 Å². The first-order chi connectivity index (χ1) is 22.6. The number of hydrogen-bond donors (Lipinski definition) is 5. The van der Waals surface area contributed by atoms with Gasteiger partial charge in [-0.25, -0.2) is 5.48 Å². The van der Waals surface area contributed by atoms with Crippen molar-refractivity contribution in [3.8, 4) is 0 Å². The monoisotopic (exact) mass is 649 g/mol. The normalized spacial score (nSPS) is 14.2. The molecule has 2 unspecified atom stereocenters. The number of ether oxygens (including phenoxy) is 1. The van der Waals surface area contributed by atoms with Crippen molar-refractivity contribution in [2.45, 2.75) is 84.5 Å². The zero-order valence-electron chi connectivity index (χ0n) is 27.8. The number of aromatic nitrogens is 1. The Balaban J connectivity index is 1.79. The summed E-state index contributed by atoms with van der Waals surface area (Å²) in [7, 11) is 1.24. The first kappa shape index (κ1) is 36.8. The third-order valence-corrected chi connectivity index (χ3v) is 8.38. The van der Waals surface area contributed by atoms with Crippen LogP contribution in [0.2, 0.25) is 0 Å². The molecule has 4 amide bonds. The number of methoxy groups -OCH3 is 1. The Kier molecular flexibility index (Phi) is 14.4. The molecule has 5 atom stereocenters. The lowest BCUT2D eigenvalue weighted by Gasteiger charge is -2.30. The van der Waals surface area contributed by atoms with Gasteiger partial charge in [-0.3, -0.25) is 28.8 Å². The molecule has 0 saturated heterocycles. The lowest BCUT2D eigenvalue weighted by atomic mass is 9.94. The van der Waals surface area contributed by atoms with Gasteiger partial charge in [-0.15, -0.1) is 0 Å². The molecule has 0 aliphatic heterocycles. The third-order valence-electron chi connectivity index (χ3n) is 8.38. The fourth-order valence-corrected chi connectivity index (χ4v) is 5.04. The number of H-pyrrole nitrogens is 1. The van der Waals surface area contributed by atoms with E-state index in [1.165, 1.54) is 7.11 Å². The molecule has 0 aliphatic rings. The summed E-state index contributed by atoms with van der Waals surface area (Å²) in [4.78, 5) is 73.8. The van der Waals surface area contributed by atoms with E-state index in [9.17, 15) is 24.0 Å². The molecule has 0 radical (unpaired) electrons. The second-order valence-electron chi connectivity index (χ2n) is 11.7. The van der Waals surface area contributed by atoms with E-state index in [2.05, 4.69) is 31.2 Å². The summed E-state index contributed by atoms with van der Waals surface area (Å²) >= 11 is 0. The number of esters is 1. The zero-order chi connectivity index (χ0) is 34.3. The average molecular weight is 650 g/mol. The number of carbonyl (C=O) groups excluding carboxylic acids is 5. The molecular formula is C35H47N5O7. The largest absolute Gasteiger partial charge is 0.469 e. The smallest absolute Gasteiger partial charge is 0.306 e. The van der Waals surface area contributed by atoms with Gasteiger partial charge in [0, 0.05) is 29.9 Å². The van der Waals surface area contributed by atoms with Crippen molar-refractivity contribution in [1.82, 2.24) is 26.4 Å². The second kappa shape index (κ2) is 18.4. The molecule has 1 heterocycles. The molecule has 254 valence electrons. The van der Waals surface area contributed by atoms with Crippen molar-refractivity contribution >= 4 is 40.5 Å². The molecule has 47 heavy (non-hydrogen) atoms. The van der Waals surface area contributed by atoms with E-state index in [1.54, 1.807) is 6.20 Å². The molecule has 3 aromatic rings. The maximum Gasteiger partial charge on any atom is 0.306 e. The van der Waals surface area contributed by atoms with Gasteiger partial charge >= 0.3 is 5.97 Å². The minimum atomic E-state index is -1.04. The van der Waals surface area contributed by atoms with Crippen molar-refractivity contribution in [3.05, 3.63) is 71.9 Å². The number of hydrogen-bond acceptors (Lipinski definition) is 7. The summed E-state index contributed by atoms with van der Waals surface area (Å²) in [6.45, 7) is 7.56. The lowest BCUT2D eigenvalue weighted by molar-refractivity contribution is -0.142. The number of nitrogens with one attached hydrogen (secondary N) is 5. The van der Waals surface area contributed by atoms with Gasteiger partial charge in [0.15, 0.2) is 0 Å². The highest BCUT2D eigenvalue weighted by Crippen LogP contribution is 2.20. The van der Waals surface area contributed by atoms with Gasteiger partial charge in [0.25, 0.3) is 5.91 Å². The van der Waals surface area contributed by atoms with E-state index in [0.717, 1.165) is 22.0 Å². The number of aromatic amines is 1. The number of benzene rings is 2. The molecular weight excluding hydrogens is 602 g/mol. The van der Waals surface area contributed by atoms with Crippen molar-refractivity contribution < 1.29 is 33.5 Å². The topological polar surface area (TPSA) is 168 Å². The second-order valence-corrected chi connectivity index (χ2v) is 11.7. The predicted molar refractivity (Wildman–Crippen MR) is 177 cm³/mol. The van der Waals surface area contributed by atoms with E-state index < -0.39 is 47.7 Å². The Morgan fingerprint density at radius 1 is 0.766 bits per heavy atom. The Morgan fingerprint density at radius 2 is 1.38 bits per heavy atom. The summed E-state index contributed by atoms with van der Waals surface area (Å²) in [5.41, 5.74) is 5.04. The first-order valence-corrected chi connectivity index (χ1v) is 16.0. The van der Waals surface area contributed by atoms with Crippen LogP contribution in [0.15, 0.2) is 60.8 Å². The fraction of sp³-hybridized carbons (Fsp3) is 0.457. The Morgan fingerprint density at radius 3 is 2.04 bits per heavy atom. The quantitative estimate of drug-likeness (QED) is 0.104. The van der Waals surface area contributed by atoms with Crippen LogP contribution in [0.4, 0.5) is 0 Å². The van der Waals surface area contributed by atoms with Crippen molar-refractivity contribution in [1.29, 1.82) is 0 Å². The molecule has 0 saturated carbocycles. The molecule has 12 heteroatoms. The van der Waals surface area contributed by atoms with Crippen molar-refractivity contribution in [3.63, 3.8) is 0 Å². The number of para-hydroxylation sites is 1. The molecule has 0 aliphatic carbocycles. The Labute approximate surface area is 275 Å². The molecule has 3 rings (SSSR count). The summed E-state index contributed by atoms with van der Waals surface area (Å²) in [5.74, 6) is -3.21. The van der Waals surface area contributed by atoms with E-state index in [0.29, 0.717) is 12.8 Å². The highest BCUT2D eigenvalue weighted by Gasteiger charge is 2.34. The van der Waals surface area contributed by atoms with E-state index in [1.807, 2.05) is 82.3 Å². The minimum absolute atomic E-state index is 0.121. The highest BCUT2D eigenvalue weighted by molar-refractivity contribution is 5.95. The third kappa shape index (κ3) is 11.0. The molecule has 0 bridgehead atoms. The van der Waals surface area contributed by atoms with Gasteiger partial charge in [-0.05, 0) is 29.0 Å². The Bertz CT molecular complexity index is 1490. The maximum atomic E-state index is 13.9. The summed E-state index contributed by atoms with van der Waals surface area (Å²) in [6.07, 6.45) is 2.82. The number of amides is 4.